The van der Waals surface area contributed by atoms with Gasteiger partial charge in [0.05, 0.1) is 5.75 Å². The van der Waals surface area contributed by atoms with Crippen molar-refractivity contribution in [2.24, 2.45) is 0 Å². The third-order valence-electron chi connectivity index (χ3n) is 5.19. The number of nitrogens with zero attached hydrogens (tertiary/aromatic N) is 3. The van der Waals surface area contributed by atoms with Crippen LogP contribution in [-0.2, 0) is 17.8 Å². The van der Waals surface area contributed by atoms with Crippen molar-refractivity contribution in [2.75, 3.05) is 17.6 Å². The average molecular weight is 475 g/mol. The van der Waals surface area contributed by atoms with E-state index < -0.39 is 0 Å². The van der Waals surface area contributed by atoms with E-state index in [4.69, 9.17) is 0 Å². The fraction of sp³-hybridized carbons (Fsp3) is 0.192. The van der Waals surface area contributed by atoms with E-state index in [2.05, 4.69) is 52.8 Å². The van der Waals surface area contributed by atoms with E-state index in [0.717, 1.165) is 32.7 Å². The van der Waals surface area contributed by atoms with Crippen molar-refractivity contribution in [1.82, 2.24) is 15.1 Å². The molecule has 7 heteroatoms. The zero-order chi connectivity index (χ0) is 22.9. The van der Waals surface area contributed by atoms with Crippen molar-refractivity contribution in [3.05, 3.63) is 102 Å². The standard InChI is InChI=1S/C26H26N4OS2/c1-20-10-8-9-15-23(20)27-25-28-29-26(33-25)32-19-24(31)30(18-22-13-6-3-7-14-22)17-16-21-11-4-2-5-12-21/h2-15H,16-19H2,1H3,(H,27,28). The monoisotopic (exact) mass is 474 g/mol. The zero-order valence-electron chi connectivity index (χ0n) is 18.5. The minimum Gasteiger partial charge on any atom is -0.337 e. The lowest BCUT2D eigenvalue weighted by molar-refractivity contribution is -0.128. The highest BCUT2D eigenvalue weighted by molar-refractivity contribution is 8.01. The Labute approximate surface area is 202 Å². The van der Waals surface area contributed by atoms with Gasteiger partial charge >= 0.3 is 0 Å². The van der Waals surface area contributed by atoms with Crippen LogP contribution in [0.5, 0.6) is 0 Å². The summed E-state index contributed by atoms with van der Waals surface area (Å²) in [7, 11) is 0. The van der Waals surface area contributed by atoms with Crippen molar-refractivity contribution < 1.29 is 4.79 Å². The second-order valence-corrected chi connectivity index (χ2v) is 9.84. The predicted octanol–water partition coefficient (Wildman–Crippen LogP) is 5.95. The molecule has 0 unspecified atom stereocenters. The number of hydrogen-bond donors (Lipinski definition) is 1. The maximum atomic E-state index is 13.1. The van der Waals surface area contributed by atoms with Gasteiger partial charge < -0.3 is 10.2 Å². The summed E-state index contributed by atoms with van der Waals surface area (Å²) in [6.07, 6.45) is 0.827. The molecule has 5 nitrogen and oxygen atoms in total. The summed E-state index contributed by atoms with van der Waals surface area (Å²) in [5.41, 5.74) is 4.51. The largest absolute Gasteiger partial charge is 0.337 e. The van der Waals surface area contributed by atoms with E-state index in [1.807, 2.05) is 59.5 Å². The molecule has 0 aliphatic carbocycles. The van der Waals surface area contributed by atoms with Crippen LogP contribution in [0.25, 0.3) is 0 Å². The van der Waals surface area contributed by atoms with Gasteiger partial charge in [-0.15, -0.1) is 10.2 Å². The first-order valence-electron chi connectivity index (χ1n) is 10.8. The SMILES string of the molecule is Cc1ccccc1Nc1nnc(SCC(=O)N(CCc2ccccc2)Cc2ccccc2)s1. The summed E-state index contributed by atoms with van der Waals surface area (Å²) >= 11 is 2.90. The third kappa shape index (κ3) is 6.91. The molecule has 1 aromatic heterocycles. The fourth-order valence-electron chi connectivity index (χ4n) is 3.37. The Bertz CT molecular complexity index is 1170. The van der Waals surface area contributed by atoms with Gasteiger partial charge in [0, 0.05) is 18.8 Å². The van der Waals surface area contributed by atoms with E-state index in [9.17, 15) is 4.79 Å². The number of carbonyl (C=O) groups is 1. The van der Waals surface area contributed by atoms with E-state index in [1.54, 1.807) is 0 Å². The lowest BCUT2D eigenvalue weighted by Crippen LogP contribution is -2.33. The number of hydrogen-bond acceptors (Lipinski definition) is 6. The number of aryl methyl sites for hydroxylation is 1. The number of nitrogens with one attached hydrogen (secondary N) is 1. The Morgan fingerprint density at radius 2 is 1.58 bits per heavy atom. The Hall–Kier alpha value is -3.16. The van der Waals surface area contributed by atoms with Crippen molar-refractivity contribution in [3.8, 4) is 0 Å². The van der Waals surface area contributed by atoms with Crippen LogP contribution in [0, 0.1) is 6.92 Å². The smallest absolute Gasteiger partial charge is 0.233 e. The van der Waals surface area contributed by atoms with Gasteiger partial charge in [-0.2, -0.15) is 0 Å². The van der Waals surface area contributed by atoms with Crippen LogP contribution >= 0.6 is 23.1 Å². The van der Waals surface area contributed by atoms with E-state index in [1.165, 1.54) is 28.7 Å². The molecule has 0 saturated carbocycles. The molecule has 0 fully saturated rings. The fourth-order valence-corrected chi connectivity index (χ4v) is 5.03. The summed E-state index contributed by atoms with van der Waals surface area (Å²) in [5, 5.41) is 12.5. The number of carbonyl (C=O) groups excluding carboxylic acids is 1. The molecule has 168 valence electrons. The molecule has 1 heterocycles. The Balaban J connectivity index is 1.37. The molecule has 0 atom stereocenters. The van der Waals surface area contributed by atoms with Gasteiger partial charge in [0.25, 0.3) is 0 Å². The second kappa shape index (κ2) is 11.6. The van der Waals surface area contributed by atoms with Crippen molar-refractivity contribution in [2.45, 2.75) is 24.2 Å². The molecular formula is C26H26N4OS2. The van der Waals surface area contributed by atoms with Crippen LogP contribution in [0.15, 0.2) is 89.3 Å². The summed E-state index contributed by atoms with van der Waals surface area (Å²) in [6.45, 7) is 3.33. The first-order valence-corrected chi connectivity index (χ1v) is 12.6. The first-order chi connectivity index (χ1) is 16.2. The number of benzene rings is 3. The van der Waals surface area contributed by atoms with E-state index >= 15 is 0 Å². The molecule has 1 amide bonds. The molecular weight excluding hydrogens is 448 g/mol. The predicted molar refractivity (Wildman–Crippen MR) is 137 cm³/mol. The molecule has 0 aliphatic rings. The van der Waals surface area contributed by atoms with Gasteiger partial charge in [-0.25, -0.2) is 0 Å². The number of para-hydroxylation sites is 1. The lowest BCUT2D eigenvalue weighted by atomic mass is 10.1. The van der Waals surface area contributed by atoms with Gasteiger partial charge in [0.1, 0.15) is 0 Å². The second-order valence-electron chi connectivity index (χ2n) is 7.64. The molecule has 3 aromatic carbocycles. The summed E-state index contributed by atoms with van der Waals surface area (Å²) < 4.78 is 0.780. The lowest BCUT2D eigenvalue weighted by Gasteiger charge is -2.23. The van der Waals surface area contributed by atoms with E-state index in [-0.39, 0.29) is 5.91 Å². The van der Waals surface area contributed by atoms with Crippen LogP contribution < -0.4 is 5.32 Å². The Morgan fingerprint density at radius 1 is 0.909 bits per heavy atom. The molecule has 0 spiro atoms. The average Bonchev–Trinajstić information content (AvgIpc) is 3.30. The molecule has 33 heavy (non-hydrogen) atoms. The quantitative estimate of drug-likeness (QED) is 0.288. The molecule has 0 bridgehead atoms. The number of amides is 1. The number of thioether (sulfide) groups is 1. The minimum atomic E-state index is 0.100. The van der Waals surface area contributed by atoms with E-state index in [0.29, 0.717) is 18.8 Å². The summed E-state index contributed by atoms with van der Waals surface area (Å²) in [5.74, 6) is 0.434. The summed E-state index contributed by atoms with van der Waals surface area (Å²) in [4.78, 5) is 15.1. The minimum absolute atomic E-state index is 0.100. The molecule has 0 aliphatic heterocycles. The Morgan fingerprint density at radius 3 is 2.30 bits per heavy atom. The number of anilines is 2. The third-order valence-corrected chi connectivity index (χ3v) is 7.15. The van der Waals surface area contributed by atoms with Crippen LogP contribution in [0.2, 0.25) is 0 Å². The molecule has 0 saturated heterocycles. The molecule has 0 radical (unpaired) electrons. The first kappa shape index (κ1) is 23.0. The van der Waals surface area contributed by atoms with Crippen LogP contribution in [0.3, 0.4) is 0 Å². The number of rotatable bonds is 10. The number of aromatic nitrogens is 2. The summed E-state index contributed by atoms with van der Waals surface area (Å²) in [6, 6.07) is 28.5. The van der Waals surface area contributed by atoms with Gasteiger partial charge in [-0.3, -0.25) is 4.79 Å². The highest BCUT2D eigenvalue weighted by Crippen LogP contribution is 2.29. The van der Waals surface area contributed by atoms with Gasteiger partial charge in [-0.1, -0.05) is 102 Å². The Kier molecular flexibility index (Phi) is 8.11. The van der Waals surface area contributed by atoms with Crippen LogP contribution in [0.1, 0.15) is 16.7 Å². The van der Waals surface area contributed by atoms with Gasteiger partial charge in [0.2, 0.25) is 11.0 Å². The van der Waals surface area contributed by atoms with Crippen molar-refractivity contribution in [1.29, 1.82) is 0 Å². The normalized spacial score (nSPS) is 10.7. The van der Waals surface area contributed by atoms with Crippen LogP contribution in [0.4, 0.5) is 10.8 Å². The highest BCUT2D eigenvalue weighted by atomic mass is 32.2. The van der Waals surface area contributed by atoms with Gasteiger partial charge in [-0.05, 0) is 36.1 Å². The van der Waals surface area contributed by atoms with Crippen molar-refractivity contribution >= 4 is 39.8 Å². The van der Waals surface area contributed by atoms with Crippen LogP contribution in [-0.4, -0.2) is 33.3 Å². The van der Waals surface area contributed by atoms with Crippen molar-refractivity contribution in [3.63, 3.8) is 0 Å². The van der Waals surface area contributed by atoms with Gasteiger partial charge in [0.15, 0.2) is 4.34 Å². The topological polar surface area (TPSA) is 58.1 Å². The maximum absolute atomic E-state index is 13.1. The highest BCUT2D eigenvalue weighted by Gasteiger charge is 2.16. The maximum Gasteiger partial charge on any atom is 0.233 e. The molecule has 4 aromatic rings. The zero-order valence-corrected chi connectivity index (χ0v) is 20.1. The molecule has 4 rings (SSSR count). The molecule has 1 N–H and O–H groups in total.